The van der Waals surface area contributed by atoms with E-state index in [0.717, 1.165) is 19.6 Å². The molecule has 0 aromatic heterocycles. The molecule has 2 aromatic carbocycles. The quantitative estimate of drug-likeness (QED) is 0.233. The molecule has 2 fully saturated rings. The van der Waals surface area contributed by atoms with Crippen molar-refractivity contribution in [3.05, 3.63) is 71.8 Å². The van der Waals surface area contributed by atoms with Crippen molar-refractivity contribution in [2.24, 2.45) is 0 Å². The van der Waals surface area contributed by atoms with E-state index < -0.39 is 17.7 Å². The standard InChI is InChI=1S/C29H32N2O7/c1-2-13-36-22-6-3-5-20(18-22)26-25(27(32)21-7-8-23-24(19-21)38-17-16-37-23)28(33)29(34)31(26)10-4-9-30-11-14-35-15-12-30/h2-3,5-8,18-19,26,32H,1,4,9-17H2/b27-25-. The van der Waals surface area contributed by atoms with E-state index in [1.54, 1.807) is 41.3 Å². The molecule has 3 aliphatic rings. The number of rotatable bonds is 9. The van der Waals surface area contributed by atoms with Crippen molar-refractivity contribution in [1.29, 1.82) is 0 Å². The number of likely N-dealkylation sites (tertiary alicyclic amines) is 1. The number of carbonyl (C=O) groups excluding carboxylic acids is 2. The second kappa shape index (κ2) is 11.7. The fraction of sp³-hybridized carbons (Fsp3) is 0.379. The highest BCUT2D eigenvalue weighted by molar-refractivity contribution is 6.46. The van der Waals surface area contributed by atoms with Crippen LogP contribution in [0.5, 0.6) is 17.2 Å². The van der Waals surface area contributed by atoms with Crippen molar-refractivity contribution in [2.45, 2.75) is 12.5 Å². The molecule has 200 valence electrons. The summed E-state index contributed by atoms with van der Waals surface area (Å²) in [6.45, 7) is 9.05. The van der Waals surface area contributed by atoms with Crippen LogP contribution in [0.1, 0.15) is 23.6 Å². The first kappa shape index (κ1) is 25.8. The second-order valence-electron chi connectivity index (χ2n) is 9.33. The maximum absolute atomic E-state index is 13.4. The van der Waals surface area contributed by atoms with E-state index in [4.69, 9.17) is 18.9 Å². The van der Waals surface area contributed by atoms with Gasteiger partial charge in [0.05, 0.1) is 24.8 Å². The lowest BCUT2D eigenvalue weighted by Crippen LogP contribution is -2.38. The lowest BCUT2D eigenvalue weighted by Gasteiger charge is -2.29. The Kier molecular flexibility index (Phi) is 7.95. The van der Waals surface area contributed by atoms with E-state index >= 15 is 0 Å². The molecule has 2 saturated heterocycles. The highest BCUT2D eigenvalue weighted by Crippen LogP contribution is 2.41. The maximum Gasteiger partial charge on any atom is 0.295 e. The van der Waals surface area contributed by atoms with Crippen LogP contribution >= 0.6 is 0 Å². The van der Waals surface area contributed by atoms with Gasteiger partial charge in [-0.15, -0.1) is 0 Å². The molecule has 0 spiro atoms. The average molecular weight is 521 g/mol. The number of morpholine rings is 1. The number of hydrogen-bond acceptors (Lipinski definition) is 8. The van der Waals surface area contributed by atoms with Crippen molar-refractivity contribution in [2.75, 3.05) is 59.2 Å². The number of fused-ring (bicyclic) bond motifs is 1. The Morgan fingerprint density at radius 1 is 1.03 bits per heavy atom. The van der Waals surface area contributed by atoms with Gasteiger partial charge in [-0.3, -0.25) is 14.5 Å². The Bertz CT molecular complexity index is 1240. The van der Waals surface area contributed by atoms with Crippen molar-refractivity contribution in [3.63, 3.8) is 0 Å². The Morgan fingerprint density at radius 2 is 1.82 bits per heavy atom. The minimum absolute atomic E-state index is 0.0407. The number of nitrogens with zero attached hydrogens (tertiary/aromatic N) is 2. The van der Waals surface area contributed by atoms with Gasteiger partial charge in [0.2, 0.25) is 0 Å². The van der Waals surface area contributed by atoms with Crippen molar-refractivity contribution in [1.82, 2.24) is 9.80 Å². The fourth-order valence-electron chi connectivity index (χ4n) is 5.02. The SMILES string of the molecule is C=CCOc1cccc(C2/C(=C(/O)c3ccc4c(c3)OCCO4)C(=O)C(=O)N2CCCN2CCOCC2)c1. The Balaban J connectivity index is 1.49. The van der Waals surface area contributed by atoms with Gasteiger partial charge in [0.15, 0.2) is 11.5 Å². The number of aliphatic hydroxyl groups is 1. The molecule has 0 saturated carbocycles. The summed E-state index contributed by atoms with van der Waals surface area (Å²) in [4.78, 5) is 30.5. The van der Waals surface area contributed by atoms with Crippen LogP contribution in [0.15, 0.2) is 60.7 Å². The molecule has 9 heteroatoms. The Labute approximate surface area is 221 Å². The first-order valence-electron chi connectivity index (χ1n) is 12.9. The molecule has 2 aromatic rings. The molecule has 1 atom stereocenters. The minimum atomic E-state index is -0.764. The number of Topliss-reactive ketones (excluding diaryl/α,β-unsaturated/α-hetero) is 1. The summed E-state index contributed by atoms with van der Waals surface area (Å²) >= 11 is 0. The molecule has 5 rings (SSSR count). The summed E-state index contributed by atoms with van der Waals surface area (Å²) in [5, 5.41) is 11.4. The van der Waals surface area contributed by atoms with Gasteiger partial charge in [-0.2, -0.15) is 0 Å². The third-order valence-corrected chi connectivity index (χ3v) is 6.87. The van der Waals surface area contributed by atoms with Gasteiger partial charge >= 0.3 is 0 Å². The number of carbonyl (C=O) groups is 2. The van der Waals surface area contributed by atoms with Gasteiger partial charge in [-0.05, 0) is 42.3 Å². The number of amides is 1. The smallest absolute Gasteiger partial charge is 0.295 e. The fourth-order valence-corrected chi connectivity index (χ4v) is 5.02. The molecule has 9 nitrogen and oxygen atoms in total. The molecular formula is C29H32N2O7. The average Bonchev–Trinajstić information content (AvgIpc) is 3.21. The number of ether oxygens (including phenoxy) is 4. The summed E-state index contributed by atoms with van der Waals surface area (Å²) in [7, 11) is 0. The zero-order valence-corrected chi connectivity index (χ0v) is 21.3. The molecule has 0 aliphatic carbocycles. The monoisotopic (exact) mass is 520 g/mol. The van der Waals surface area contributed by atoms with Gasteiger partial charge in [0.1, 0.15) is 31.3 Å². The van der Waals surface area contributed by atoms with Crippen LogP contribution in [0.3, 0.4) is 0 Å². The van der Waals surface area contributed by atoms with Crippen LogP contribution < -0.4 is 14.2 Å². The van der Waals surface area contributed by atoms with Gasteiger partial charge in [0.25, 0.3) is 11.7 Å². The minimum Gasteiger partial charge on any atom is -0.507 e. The zero-order valence-electron chi connectivity index (χ0n) is 21.3. The molecule has 1 N–H and O–H groups in total. The summed E-state index contributed by atoms with van der Waals surface area (Å²) in [5.41, 5.74) is 1.10. The van der Waals surface area contributed by atoms with Crippen LogP contribution in [0.25, 0.3) is 5.76 Å². The first-order valence-corrected chi connectivity index (χ1v) is 12.9. The van der Waals surface area contributed by atoms with E-state index in [-0.39, 0.29) is 11.3 Å². The molecule has 3 aliphatic heterocycles. The van der Waals surface area contributed by atoms with E-state index in [1.807, 2.05) is 12.1 Å². The Morgan fingerprint density at radius 3 is 2.61 bits per heavy atom. The number of aliphatic hydroxyl groups excluding tert-OH is 1. The third-order valence-electron chi connectivity index (χ3n) is 6.87. The summed E-state index contributed by atoms with van der Waals surface area (Å²) < 4.78 is 22.4. The lowest BCUT2D eigenvalue weighted by molar-refractivity contribution is -0.140. The van der Waals surface area contributed by atoms with E-state index in [0.29, 0.717) is 74.4 Å². The van der Waals surface area contributed by atoms with E-state index in [9.17, 15) is 14.7 Å². The zero-order chi connectivity index (χ0) is 26.5. The van der Waals surface area contributed by atoms with Gasteiger partial charge in [-0.1, -0.05) is 24.8 Å². The van der Waals surface area contributed by atoms with Crippen LogP contribution in [0.2, 0.25) is 0 Å². The molecular weight excluding hydrogens is 488 g/mol. The molecule has 38 heavy (non-hydrogen) atoms. The maximum atomic E-state index is 13.4. The first-order chi connectivity index (χ1) is 18.6. The predicted molar refractivity (Wildman–Crippen MR) is 140 cm³/mol. The van der Waals surface area contributed by atoms with Crippen molar-refractivity contribution in [3.8, 4) is 17.2 Å². The summed E-state index contributed by atoms with van der Waals surface area (Å²) in [6, 6.07) is 11.5. The molecule has 0 radical (unpaired) electrons. The number of benzene rings is 2. The van der Waals surface area contributed by atoms with Crippen molar-refractivity contribution >= 4 is 17.4 Å². The second-order valence-corrected chi connectivity index (χ2v) is 9.33. The highest BCUT2D eigenvalue weighted by atomic mass is 16.6. The topological polar surface area (TPSA) is 97.8 Å². The van der Waals surface area contributed by atoms with Crippen LogP contribution in [-0.2, 0) is 14.3 Å². The van der Waals surface area contributed by atoms with Crippen molar-refractivity contribution < 1.29 is 33.6 Å². The largest absolute Gasteiger partial charge is 0.507 e. The third kappa shape index (κ3) is 5.39. The van der Waals surface area contributed by atoms with Gasteiger partial charge < -0.3 is 29.0 Å². The molecule has 3 heterocycles. The van der Waals surface area contributed by atoms with Crippen LogP contribution in [0, 0.1) is 0 Å². The normalized spacial score (nSPS) is 20.9. The molecule has 0 bridgehead atoms. The van der Waals surface area contributed by atoms with E-state index in [1.165, 1.54) is 0 Å². The summed E-state index contributed by atoms with van der Waals surface area (Å²) in [5.74, 6) is 0.0371. The van der Waals surface area contributed by atoms with Gasteiger partial charge in [-0.25, -0.2) is 0 Å². The van der Waals surface area contributed by atoms with E-state index in [2.05, 4.69) is 11.5 Å². The summed E-state index contributed by atoms with van der Waals surface area (Å²) in [6.07, 6.45) is 2.33. The van der Waals surface area contributed by atoms with Gasteiger partial charge in [0, 0.05) is 31.7 Å². The van der Waals surface area contributed by atoms with Crippen LogP contribution in [0.4, 0.5) is 0 Å². The lowest BCUT2D eigenvalue weighted by atomic mass is 9.95. The molecule has 1 unspecified atom stereocenters. The number of hydrogen-bond donors (Lipinski definition) is 1. The molecule has 1 amide bonds. The van der Waals surface area contributed by atoms with Crippen LogP contribution in [-0.4, -0.2) is 85.8 Å². The predicted octanol–water partition coefficient (Wildman–Crippen LogP) is 3.17. The highest BCUT2D eigenvalue weighted by Gasteiger charge is 2.46. The Hall–Kier alpha value is -3.82. The number of ketones is 1.